The maximum Gasteiger partial charge on any atom is 0.197 e. The average molecular weight is 687 g/mol. The number of hydrogen-bond donors (Lipinski definition) is 6. The molecule has 48 heavy (non-hydrogen) atoms. The Labute approximate surface area is 289 Å². The highest BCUT2D eigenvalue weighted by atomic mass is 32.2. The van der Waals surface area contributed by atoms with Crippen LogP contribution in [0.2, 0.25) is 0 Å². The summed E-state index contributed by atoms with van der Waals surface area (Å²) in [6.07, 6.45) is 17.8. The summed E-state index contributed by atoms with van der Waals surface area (Å²) in [7, 11) is 0. The number of benzene rings is 3. The molecule has 3 aliphatic heterocycles. The Hall–Kier alpha value is -5.01. The fourth-order valence-electron chi connectivity index (χ4n) is 5.30. The van der Waals surface area contributed by atoms with Gasteiger partial charge >= 0.3 is 0 Å². The predicted octanol–water partition coefficient (Wildman–Crippen LogP) is 4.67. The molecule has 3 heterocycles. The summed E-state index contributed by atoms with van der Waals surface area (Å²) in [5.41, 5.74) is 31.1. The number of nitrogens with two attached hydrogens (primary N) is 5. The minimum atomic E-state index is -0.0101. The molecule has 11 N–H and O–H groups in total. The van der Waals surface area contributed by atoms with Gasteiger partial charge in [-0.2, -0.15) is 0 Å². The molecule has 3 unspecified atom stereocenters. The largest absolute Gasteiger partial charge is 0.399 e. The predicted molar refractivity (Wildman–Crippen MR) is 204 cm³/mol. The molecule has 4 aliphatic carbocycles. The molecule has 238 valence electrons. The van der Waals surface area contributed by atoms with Gasteiger partial charge in [0.15, 0.2) is 5.71 Å². The summed E-state index contributed by atoms with van der Waals surface area (Å²) >= 11 is 5.07. The van der Waals surface area contributed by atoms with Crippen molar-refractivity contribution in [1.29, 1.82) is 5.41 Å². The topological polar surface area (TPSA) is 191 Å². The van der Waals surface area contributed by atoms with Gasteiger partial charge in [-0.15, -0.1) is 23.1 Å². The smallest absolute Gasteiger partial charge is 0.197 e. The Morgan fingerprint density at radius 3 is 2.52 bits per heavy atom. The summed E-state index contributed by atoms with van der Waals surface area (Å²) < 4.78 is 1.05. The van der Waals surface area contributed by atoms with Gasteiger partial charge in [0.05, 0.1) is 54.5 Å². The second-order valence-corrected chi connectivity index (χ2v) is 14.8. The monoisotopic (exact) mass is 686 g/mol. The first-order valence-corrected chi connectivity index (χ1v) is 17.6. The van der Waals surface area contributed by atoms with E-state index >= 15 is 0 Å². The Balaban J connectivity index is 0.000000114. The Kier molecular flexibility index (Phi) is 8.71. The molecule has 0 radical (unpaired) electrons. The van der Waals surface area contributed by atoms with Gasteiger partial charge in [-0.25, -0.2) is 9.98 Å². The van der Waals surface area contributed by atoms with Gasteiger partial charge in [0.2, 0.25) is 0 Å². The van der Waals surface area contributed by atoms with E-state index in [1.807, 2.05) is 91.1 Å². The molecule has 0 saturated carbocycles. The van der Waals surface area contributed by atoms with Crippen molar-refractivity contribution in [2.45, 2.75) is 22.2 Å². The number of rotatable bonds is 0. The SMILES string of the molecule is N=c1ccc2nc3ccc(N)cc3sc-2c1.NC1=CC2SC3=CC(=[NH2+])C=CC3=NC2C=C1.Nc1ccc2c(c1)SC1=CC(N)C=CC1=N2. The van der Waals surface area contributed by atoms with Crippen LogP contribution in [0.3, 0.4) is 0 Å². The van der Waals surface area contributed by atoms with E-state index < -0.39 is 0 Å². The molecule has 7 aliphatic rings. The van der Waals surface area contributed by atoms with Crippen molar-refractivity contribution in [3.05, 3.63) is 130 Å². The third-order valence-corrected chi connectivity index (χ3v) is 11.1. The van der Waals surface area contributed by atoms with E-state index in [9.17, 15) is 0 Å². The molecule has 12 heteroatoms. The maximum absolute atomic E-state index is 7.58. The number of nitrogen functional groups attached to an aromatic ring is 2. The average Bonchev–Trinajstić information content (AvgIpc) is 3.06. The molecule has 0 fully saturated rings. The third kappa shape index (κ3) is 6.97. The van der Waals surface area contributed by atoms with Crippen LogP contribution in [0.25, 0.3) is 20.8 Å². The number of allylic oxidation sites excluding steroid dienone is 7. The van der Waals surface area contributed by atoms with Gasteiger partial charge in [0.1, 0.15) is 0 Å². The van der Waals surface area contributed by atoms with Crippen LogP contribution in [-0.2, 0) is 0 Å². The summed E-state index contributed by atoms with van der Waals surface area (Å²) in [5, 5.41) is 14.2. The lowest BCUT2D eigenvalue weighted by atomic mass is 10.1. The van der Waals surface area contributed by atoms with Crippen molar-refractivity contribution in [2.75, 3.05) is 11.5 Å². The highest BCUT2D eigenvalue weighted by Gasteiger charge is 2.29. The van der Waals surface area contributed by atoms with Gasteiger partial charge in [0.25, 0.3) is 0 Å². The lowest BCUT2D eigenvalue weighted by Gasteiger charge is -2.28. The Morgan fingerprint density at radius 1 is 0.812 bits per heavy atom. The molecule has 9 nitrogen and oxygen atoms in total. The number of aliphatic imine (C=N–C) groups is 2. The fourth-order valence-corrected chi connectivity index (χ4v) is 8.70. The maximum atomic E-state index is 7.58. The quantitative estimate of drug-likeness (QED) is 0.0880. The summed E-state index contributed by atoms with van der Waals surface area (Å²) in [4.78, 5) is 18.2. The van der Waals surface area contributed by atoms with E-state index in [0.717, 1.165) is 75.4 Å². The fraction of sp³-hybridized carbons (Fsp3) is 0.0833. The number of hydrogen-bond acceptors (Lipinski definition) is 11. The second-order valence-electron chi connectivity index (χ2n) is 11.4. The summed E-state index contributed by atoms with van der Waals surface area (Å²) in [5.74, 6) is 0. The van der Waals surface area contributed by atoms with Crippen molar-refractivity contribution in [1.82, 2.24) is 4.98 Å². The van der Waals surface area contributed by atoms with Crippen molar-refractivity contribution < 1.29 is 5.41 Å². The standard InChI is InChI=1S/2C12H11N3S.C12H9N3S/c3*13-7-1-3-9-11(5-7)16-12-6-8(14)2-4-10(12)15-9/h1-6,9,11,14H,13H2;1-7H,13-14H2;1-6,13H,14H2/p+1. The van der Waals surface area contributed by atoms with Crippen LogP contribution in [0.1, 0.15) is 0 Å². The van der Waals surface area contributed by atoms with Crippen LogP contribution in [0.4, 0.5) is 17.1 Å². The van der Waals surface area contributed by atoms with Gasteiger partial charge in [-0.3, -0.25) is 10.4 Å². The van der Waals surface area contributed by atoms with E-state index in [1.165, 1.54) is 0 Å². The van der Waals surface area contributed by atoms with Crippen LogP contribution < -0.4 is 33.7 Å². The van der Waals surface area contributed by atoms with E-state index in [-0.39, 0.29) is 12.1 Å². The Bertz CT molecular complexity index is 2250. The van der Waals surface area contributed by atoms with Crippen LogP contribution in [-0.4, -0.2) is 39.5 Å². The van der Waals surface area contributed by atoms with Crippen LogP contribution in [0.15, 0.2) is 140 Å². The number of anilines is 2. The van der Waals surface area contributed by atoms with Crippen molar-refractivity contribution in [3.8, 4) is 10.6 Å². The number of thioether (sulfide) groups is 2. The van der Waals surface area contributed by atoms with E-state index in [4.69, 9.17) is 33.8 Å². The molecule has 3 atom stereocenters. The number of fused-ring (bicyclic) bond motifs is 6. The lowest BCUT2D eigenvalue weighted by molar-refractivity contribution is -0.110. The first kappa shape index (κ1) is 31.6. The molecular weight excluding hydrogens is 655 g/mol. The molecular formula is C36H32N9S3+. The van der Waals surface area contributed by atoms with Crippen molar-refractivity contribution in [2.24, 2.45) is 21.5 Å². The second kappa shape index (κ2) is 13.2. The zero-order chi connectivity index (χ0) is 33.4. The normalized spacial score (nSPS) is 21.4. The zero-order valence-corrected chi connectivity index (χ0v) is 28.0. The summed E-state index contributed by atoms with van der Waals surface area (Å²) in [6, 6.07) is 17.1. The minimum Gasteiger partial charge on any atom is -0.399 e. The third-order valence-electron chi connectivity index (χ3n) is 7.64. The molecule has 2 aromatic carbocycles. The van der Waals surface area contributed by atoms with Gasteiger partial charge in [0, 0.05) is 50.0 Å². The van der Waals surface area contributed by atoms with Crippen LogP contribution >= 0.6 is 34.9 Å². The zero-order valence-electron chi connectivity index (χ0n) is 25.6. The Morgan fingerprint density at radius 2 is 1.65 bits per heavy atom. The van der Waals surface area contributed by atoms with Crippen LogP contribution in [0, 0.1) is 5.41 Å². The molecule has 2 aromatic rings. The highest BCUT2D eigenvalue weighted by Crippen LogP contribution is 2.42. The number of nitrogens with zero attached hydrogens (tertiary/aromatic N) is 3. The van der Waals surface area contributed by atoms with Gasteiger partial charge < -0.3 is 28.3 Å². The van der Waals surface area contributed by atoms with Crippen molar-refractivity contribution >= 4 is 79.3 Å². The van der Waals surface area contributed by atoms with E-state index in [0.29, 0.717) is 10.6 Å². The summed E-state index contributed by atoms with van der Waals surface area (Å²) in [6.45, 7) is 0. The molecule has 0 saturated heterocycles. The first-order chi connectivity index (χ1) is 23.2. The van der Waals surface area contributed by atoms with Gasteiger partial charge in [-0.05, 0) is 85.0 Å². The molecule has 9 rings (SSSR count). The number of nitrogens with one attached hydrogen (secondary N) is 1. The van der Waals surface area contributed by atoms with E-state index in [2.05, 4.69) is 27.1 Å². The van der Waals surface area contributed by atoms with Crippen molar-refractivity contribution in [3.63, 3.8) is 0 Å². The van der Waals surface area contributed by atoms with E-state index in [1.54, 1.807) is 40.9 Å². The molecule has 0 amide bonds. The molecule has 0 aromatic heterocycles. The molecule has 0 spiro atoms. The lowest BCUT2D eigenvalue weighted by Crippen LogP contribution is -2.39. The first-order valence-electron chi connectivity index (χ1n) is 15.1. The van der Waals surface area contributed by atoms with Gasteiger partial charge in [-0.1, -0.05) is 23.9 Å². The minimum absolute atomic E-state index is 0.0101. The highest BCUT2D eigenvalue weighted by molar-refractivity contribution is 8.05. The molecule has 0 bridgehead atoms. The number of aromatic nitrogens is 1. The van der Waals surface area contributed by atoms with Crippen LogP contribution in [0.5, 0.6) is 0 Å².